The largest absolute Gasteiger partial charge is 0.493 e. The zero-order valence-electron chi connectivity index (χ0n) is 21.9. The van der Waals surface area contributed by atoms with E-state index in [0.29, 0.717) is 42.4 Å². The molecule has 1 aliphatic heterocycles. The molecule has 8 heteroatoms. The Morgan fingerprint density at radius 3 is 2.64 bits per heavy atom. The maximum absolute atomic E-state index is 13.9. The van der Waals surface area contributed by atoms with Gasteiger partial charge in [0.2, 0.25) is 0 Å². The maximum Gasteiger partial charge on any atom is 0.257 e. The minimum atomic E-state index is -0.0463. The average Bonchev–Trinajstić information content (AvgIpc) is 3.62. The quantitative estimate of drug-likeness (QED) is 0.310. The lowest BCUT2D eigenvalue weighted by Crippen LogP contribution is -2.34. The Kier molecular flexibility index (Phi) is 6.59. The molecule has 0 fully saturated rings. The van der Waals surface area contributed by atoms with Crippen molar-refractivity contribution < 1.29 is 14.3 Å². The number of pyridine rings is 1. The SMILES string of the molecule is COc1ccc(-c2nn(Cc3ccccc3)cc2C(=O)N2CC=C(c3c[nH]c4ncccc34)CC2)cc1OC. The summed E-state index contributed by atoms with van der Waals surface area (Å²) in [6, 6.07) is 19.7. The molecule has 0 radical (unpaired) electrons. The Morgan fingerprint density at radius 1 is 1.03 bits per heavy atom. The lowest BCUT2D eigenvalue weighted by molar-refractivity contribution is 0.0773. The Balaban J connectivity index is 1.32. The summed E-state index contributed by atoms with van der Waals surface area (Å²) < 4.78 is 12.8. The van der Waals surface area contributed by atoms with Crippen molar-refractivity contribution in [3.8, 4) is 22.8 Å². The minimum absolute atomic E-state index is 0.0463. The number of benzene rings is 2. The Hall–Kier alpha value is -4.85. The summed E-state index contributed by atoms with van der Waals surface area (Å²) in [4.78, 5) is 23.4. The van der Waals surface area contributed by atoms with Gasteiger partial charge in [-0.3, -0.25) is 9.48 Å². The molecule has 3 aromatic heterocycles. The number of aromatic amines is 1. The smallest absolute Gasteiger partial charge is 0.257 e. The number of fused-ring (bicyclic) bond motifs is 1. The van der Waals surface area contributed by atoms with Crippen LogP contribution in [0.1, 0.15) is 27.9 Å². The van der Waals surface area contributed by atoms with Gasteiger partial charge >= 0.3 is 0 Å². The van der Waals surface area contributed by atoms with Gasteiger partial charge in [0.05, 0.1) is 26.3 Å². The Morgan fingerprint density at radius 2 is 1.87 bits per heavy atom. The van der Waals surface area contributed by atoms with Crippen LogP contribution in [0.15, 0.2) is 85.3 Å². The highest BCUT2D eigenvalue weighted by Gasteiger charge is 2.26. The van der Waals surface area contributed by atoms with E-state index in [2.05, 4.69) is 34.2 Å². The number of H-pyrrole nitrogens is 1. The number of hydrogen-bond acceptors (Lipinski definition) is 5. The van der Waals surface area contributed by atoms with Crippen LogP contribution in [0, 0.1) is 0 Å². The molecule has 0 saturated heterocycles. The Bertz CT molecular complexity index is 1670. The van der Waals surface area contributed by atoms with Crippen molar-refractivity contribution >= 4 is 22.5 Å². The monoisotopic (exact) mass is 519 g/mol. The molecule has 5 aromatic rings. The second kappa shape index (κ2) is 10.5. The summed E-state index contributed by atoms with van der Waals surface area (Å²) >= 11 is 0. The van der Waals surface area contributed by atoms with Crippen molar-refractivity contribution in [3.63, 3.8) is 0 Å². The summed E-state index contributed by atoms with van der Waals surface area (Å²) in [5, 5.41) is 5.96. The van der Waals surface area contributed by atoms with Crippen LogP contribution in [-0.2, 0) is 6.54 Å². The first kappa shape index (κ1) is 24.5. The van der Waals surface area contributed by atoms with Crippen molar-refractivity contribution in [2.45, 2.75) is 13.0 Å². The molecule has 1 N–H and O–H groups in total. The fourth-order valence-corrected chi connectivity index (χ4v) is 5.12. The molecule has 0 aliphatic carbocycles. The highest BCUT2D eigenvalue weighted by molar-refractivity contribution is 6.00. The number of carbonyl (C=O) groups excluding carboxylic acids is 1. The fraction of sp³-hybridized carbons (Fsp3) is 0.194. The molecule has 6 rings (SSSR count). The molecule has 0 atom stereocenters. The van der Waals surface area contributed by atoms with Crippen molar-refractivity contribution in [1.82, 2.24) is 24.6 Å². The van der Waals surface area contributed by atoms with Crippen LogP contribution >= 0.6 is 0 Å². The van der Waals surface area contributed by atoms with Crippen molar-refractivity contribution in [1.29, 1.82) is 0 Å². The summed E-state index contributed by atoms with van der Waals surface area (Å²) in [5.74, 6) is 1.17. The first-order chi connectivity index (χ1) is 19.1. The number of rotatable bonds is 7. The standard InChI is InChI=1S/C31H29N5O3/c1-38-27-11-10-23(17-28(27)39-2)29-26(20-36(34-29)19-21-7-4-3-5-8-21)31(37)35-15-12-22(13-16-35)25-18-33-30-24(25)9-6-14-32-30/h3-12,14,17-18,20H,13,15-16,19H2,1-2H3,(H,32,33). The van der Waals surface area contributed by atoms with E-state index >= 15 is 0 Å². The van der Waals surface area contributed by atoms with E-state index in [4.69, 9.17) is 14.6 Å². The van der Waals surface area contributed by atoms with Crippen LogP contribution in [0.5, 0.6) is 11.5 Å². The molecule has 2 aromatic carbocycles. The number of nitrogens with zero attached hydrogens (tertiary/aromatic N) is 4. The zero-order valence-corrected chi connectivity index (χ0v) is 21.9. The predicted molar refractivity (Wildman–Crippen MR) is 151 cm³/mol. The van der Waals surface area contributed by atoms with Gasteiger partial charge in [-0.15, -0.1) is 0 Å². The van der Waals surface area contributed by atoms with Crippen LogP contribution in [0.4, 0.5) is 0 Å². The van der Waals surface area contributed by atoms with Gasteiger partial charge in [0, 0.05) is 48.2 Å². The van der Waals surface area contributed by atoms with E-state index in [1.54, 1.807) is 20.4 Å². The highest BCUT2D eigenvalue weighted by atomic mass is 16.5. The number of amides is 1. The third-order valence-corrected chi connectivity index (χ3v) is 7.13. The lowest BCUT2D eigenvalue weighted by Gasteiger charge is -2.26. The van der Waals surface area contributed by atoms with E-state index in [1.165, 1.54) is 5.57 Å². The first-order valence-corrected chi connectivity index (χ1v) is 12.9. The van der Waals surface area contributed by atoms with Crippen molar-refractivity contribution in [2.24, 2.45) is 0 Å². The third kappa shape index (κ3) is 4.77. The number of methoxy groups -OCH3 is 2. The molecule has 8 nitrogen and oxygen atoms in total. The normalized spacial score (nSPS) is 13.4. The van der Waals surface area contributed by atoms with Gasteiger partial charge < -0.3 is 19.4 Å². The minimum Gasteiger partial charge on any atom is -0.493 e. The van der Waals surface area contributed by atoms with Gasteiger partial charge in [-0.05, 0) is 47.9 Å². The number of ether oxygens (including phenoxy) is 2. The molecule has 1 aliphatic rings. The van der Waals surface area contributed by atoms with Gasteiger partial charge in [-0.1, -0.05) is 36.4 Å². The van der Waals surface area contributed by atoms with Crippen molar-refractivity contribution in [3.05, 3.63) is 102 Å². The second-order valence-corrected chi connectivity index (χ2v) is 9.48. The average molecular weight is 520 g/mol. The summed E-state index contributed by atoms with van der Waals surface area (Å²) in [6.07, 6.45) is 8.54. The first-order valence-electron chi connectivity index (χ1n) is 12.9. The van der Waals surface area contributed by atoms with E-state index in [9.17, 15) is 4.79 Å². The van der Waals surface area contributed by atoms with Crippen LogP contribution in [0.3, 0.4) is 0 Å². The van der Waals surface area contributed by atoms with E-state index in [1.807, 2.05) is 64.4 Å². The third-order valence-electron chi connectivity index (χ3n) is 7.13. The number of carbonyl (C=O) groups is 1. The number of nitrogens with one attached hydrogen (secondary N) is 1. The van der Waals surface area contributed by atoms with Gasteiger partial charge in [0.25, 0.3) is 5.91 Å². The van der Waals surface area contributed by atoms with Crippen LogP contribution in [0.25, 0.3) is 27.9 Å². The molecule has 4 heterocycles. The van der Waals surface area contributed by atoms with Gasteiger partial charge in [0.15, 0.2) is 11.5 Å². The summed E-state index contributed by atoms with van der Waals surface area (Å²) in [6.45, 7) is 1.70. The lowest BCUT2D eigenvalue weighted by atomic mass is 9.99. The van der Waals surface area contributed by atoms with Gasteiger partial charge in [-0.25, -0.2) is 4.98 Å². The van der Waals surface area contributed by atoms with Crippen LogP contribution in [-0.4, -0.2) is 57.9 Å². The molecular weight excluding hydrogens is 490 g/mol. The second-order valence-electron chi connectivity index (χ2n) is 9.48. The summed E-state index contributed by atoms with van der Waals surface area (Å²) in [5.41, 5.74) is 6.32. The van der Waals surface area contributed by atoms with Gasteiger partial charge in [0.1, 0.15) is 11.3 Å². The molecule has 39 heavy (non-hydrogen) atoms. The maximum atomic E-state index is 13.9. The van der Waals surface area contributed by atoms with Crippen LogP contribution < -0.4 is 9.47 Å². The molecule has 196 valence electrons. The van der Waals surface area contributed by atoms with Crippen LogP contribution in [0.2, 0.25) is 0 Å². The molecule has 1 amide bonds. The molecule has 0 saturated carbocycles. The number of hydrogen-bond donors (Lipinski definition) is 1. The Labute approximate surface area is 226 Å². The zero-order chi connectivity index (χ0) is 26.8. The van der Waals surface area contributed by atoms with E-state index < -0.39 is 0 Å². The molecule has 0 spiro atoms. The molecular formula is C31H29N5O3. The molecule has 0 bridgehead atoms. The summed E-state index contributed by atoms with van der Waals surface area (Å²) in [7, 11) is 3.20. The van der Waals surface area contributed by atoms with E-state index in [0.717, 1.165) is 34.1 Å². The number of aromatic nitrogens is 4. The van der Waals surface area contributed by atoms with E-state index in [-0.39, 0.29) is 5.91 Å². The van der Waals surface area contributed by atoms with Crippen molar-refractivity contribution in [2.75, 3.05) is 27.3 Å². The fourth-order valence-electron chi connectivity index (χ4n) is 5.12. The highest BCUT2D eigenvalue weighted by Crippen LogP contribution is 2.34. The topological polar surface area (TPSA) is 85.3 Å². The predicted octanol–water partition coefficient (Wildman–Crippen LogP) is 5.42. The van der Waals surface area contributed by atoms with Gasteiger partial charge in [-0.2, -0.15) is 5.10 Å². The molecule has 0 unspecified atom stereocenters.